The Bertz CT molecular complexity index is 902. The number of carbonyl (C=O) groups is 1. The third-order valence-corrected chi connectivity index (χ3v) is 6.61. The second-order valence-electron chi connectivity index (χ2n) is 6.37. The van der Waals surface area contributed by atoms with Crippen molar-refractivity contribution in [1.82, 2.24) is 14.5 Å². The van der Waals surface area contributed by atoms with Gasteiger partial charge in [0.1, 0.15) is 11.1 Å². The fraction of sp³-hybridized carbons (Fsp3) is 0.412. The van der Waals surface area contributed by atoms with Crippen molar-refractivity contribution in [2.45, 2.75) is 30.2 Å². The van der Waals surface area contributed by atoms with Gasteiger partial charge in [0.2, 0.25) is 20.9 Å². The van der Waals surface area contributed by atoms with Crippen LogP contribution in [0.3, 0.4) is 0 Å². The number of hydrogen-bond acceptors (Lipinski definition) is 4. The minimum Gasteiger partial charge on any atom is -0.340 e. The monoisotopic (exact) mass is 365 g/mol. The Labute approximate surface area is 146 Å². The van der Waals surface area contributed by atoms with Gasteiger partial charge in [0.05, 0.1) is 0 Å². The number of amides is 1. The van der Waals surface area contributed by atoms with E-state index < -0.39 is 15.1 Å². The molecule has 1 amide bonds. The fourth-order valence-electron chi connectivity index (χ4n) is 2.81. The van der Waals surface area contributed by atoms with Gasteiger partial charge >= 0.3 is 0 Å². The largest absolute Gasteiger partial charge is 0.340 e. The standard InChI is InChI=1S/C17H20FN3O3S/c1-12-3-4-13(9-15(12)18)5-6-16(22)21-10-14(11-21)25(23,24)17-19-7-8-20(17)2/h3-4,7-9,14H,5-6,10-11H2,1-2H3. The van der Waals surface area contributed by atoms with E-state index >= 15 is 0 Å². The molecule has 1 aromatic heterocycles. The molecule has 0 saturated carbocycles. The first kappa shape index (κ1) is 17.6. The number of likely N-dealkylation sites (tertiary alicyclic amines) is 1. The maximum absolute atomic E-state index is 13.5. The average molecular weight is 365 g/mol. The summed E-state index contributed by atoms with van der Waals surface area (Å²) < 4.78 is 39.9. The quantitative estimate of drug-likeness (QED) is 0.805. The predicted molar refractivity (Wildman–Crippen MR) is 90.2 cm³/mol. The summed E-state index contributed by atoms with van der Waals surface area (Å²) in [5.74, 6) is -0.401. The zero-order valence-corrected chi connectivity index (χ0v) is 15.0. The van der Waals surface area contributed by atoms with E-state index in [2.05, 4.69) is 4.98 Å². The van der Waals surface area contributed by atoms with Crippen molar-refractivity contribution in [2.24, 2.45) is 7.05 Å². The lowest BCUT2D eigenvalue weighted by Gasteiger charge is -2.38. The summed E-state index contributed by atoms with van der Waals surface area (Å²) >= 11 is 0. The van der Waals surface area contributed by atoms with E-state index in [4.69, 9.17) is 0 Å². The average Bonchev–Trinajstić information content (AvgIpc) is 2.93. The molecule has 1 aliphatic heterocycles. The van der Waals surface area contributed by atoms with Gasteiger partial charge in [-0.15, -0.1) is 0 Å². The van der Waals surface area contributed by atoms with Gasteiger partial charge in [-0.25, -0.2) is 17.8 Å². The maximum Gasteiger partial charge on any atom is 0.227 e. The van der Waals surface area contributed by atoms with Crippen molar-refractivity contribution in [3.05, 3.63) is 47.5 Å². The number of carbonyl (C=O) groups excluding carboxylic acids is 1. The molecule has 0 radical (unpaired) electrons. The van der Waals surface area contributed by atoms with Gasteiger partial charge in [0.25, 0.3) is 0 Å². The number of nitrogens with zero attached hydrogens (tertiary/aromatic N) is 3. The van der Waals surface area contributed by atoms with Crippen LogP contribution in [0, 0.1) is 12.7 Å². The molecule has 3 rings (SSSR count). The summed E-state index contributed by atoms with van der Waals surface area (Å²) in [6.07, 6.45) is 3.69. The SMILES string of the molecule is Cc1ccc(CCC(=O)N2CC(S(=O)(=O)c3nccn3C)C2)cc1F. The third-order valence-electron chi connectivity index (χ3n) is 4.53. The first-order valence-electron chi connectivity index (χ1n) is 8.03. The van der Waals surface area contributed by atoms with Crippen LogP contribution in [-0.4, -0.2) is 47.1 Å². The molecular weight excluding hydrogens is 345 g/mol. The Balaban J connectivity index is 1.55. The molecule has 0 aliphatic carbocycles. The molecule has 2 heterocycles. The summed E-state index contributed by atoms with van der Waals surface area (Å²) in [4.78, 5) is 17.6. The normalized spacial score (nSPS) is 15.2. The highest BCUT2D eigenvalue weighted by molar-refractivity contribution is 7.92. The summed E-state index contributed by atoms with van der Waals surface area (Å²) in [7, 11) is -1.90. The molecule has 0 spiro atoms. The zero-order valence-electron chi connectivity index (χ0n) is 14.1. The predicted octanol–water partition coefficient (Wildman–Crippen LogP) is 1.48. The zero-order chi connectivity index (χ0) is 18.2. The lowest BCUT2D eigenvalue weighted by atomic mass is 10.1. The Morgan fingerprint density at radius 2 is 2.08 bits per heavy atom. The van der Waals surface area contributed by atoms with Crippen LogP contribution < -0.4 is 0 Å². The third kappa shape index (κ3) is 3.44. The Morgan fingerprint density at radius 1 is 1.36 bits per heavy atom. The molecule has 1 fully saturated rings. The topological polar surface area (TPSA) is 72.3 Å². The molecule has 8 heteroatoms. The second kappa shape index (κ2) is 6.59. The number of rotatable bonds is 5. The van der Waals surface area contributed by atoms with Crippen LogP contribution in [0.4, 0.5) is 4.39 Å². The molecule has 0 atom stereocenters. The van der Waals surface area contributed by atoms with E-state index in [1.165, 1.54) is 21.7 Å². The smallest absolute Gasteiger partial charge is 0.227 e. The van der Waals surface area contributed by atoms with Crippen LogP contribution >= 0.6 is 0 Å². The van der Waals surface area contributed by atoms with Gasteiger partial charge in [-0.05, 0) is 30.5 Å². The van der Waals surface area contributed by atoms with Gasteiger partial charge in [0.15, 0.2) is 0 Å². The van der Waals surface area contributed by atoms with Crippen LogP contribution in [0.1, 0.15) is 17.5 Å². The molecule has 0 bridgehead atoms. The highest BCUT2D eigenvalue weighted by Gasteiger charge is 2.41. The fourth-order valence-corrected chi connectivity index (χ4v) is 4.54. The summed E-state index contributed by atoms with van der Waals surface area (Å²) in [5.41, 5.74) is 1.33. The van der Waals surface area contributed by atoms with Gasteiger partial charge < -0.3 is 9.47 Å². The van der Waals surface area contributed by atoms with E-state index in [1.807, 2.05) is 0 Å². The number of aromatic nitrogens is 2. The van der Waals surface area contributed by atoms with Gasteiger partial charge in [-0.1, -0.05) is 12.1 Å². The number of imidazole rings is 1. The summed E-state index contributed by atoms with van der Waals surface area (Å²) in [5, 5.41) is -0.589. The van der Waals surface area contributed by atoms with Crippen LogP contribution in [0.25, 0.3) is 0 Å². The minimum atomic E-state index is -3.53. The van der Waals surface area contributed by atoms with Crippen LogP contribution in [-0.2, 0) is 28.1 Å². The Hall–Kier alpha value is -2.22. The van der Waals surface area contributed by atoms with E-state index in [9.17, 15) is 17.6 Å². The van der Waals surface area contributed by atoms with Crippen molar-refractivity contribution in [3.8, 4) is 0 Å². The summed E-state index contributed by atoms with van der Waals surface area (Å²) in [6.45, 7) is 2.04. The van der Waals surface area contributed by atoms with Crippen molar-refractivity contribution in [3.63, 3.8) is 0 Å². The van der Waals surface area contributed by atoms with Crippen molar-refractivity contribution in [2.75, 3.05) is 13.1 Å². The van der Waals surface area contributed by atoms with Crippen molar-refractivity contribution < 1.29 is 17.6 Å². The summed E-state index contributed by atoms with van der Waals surface area (Å²) in [6, 6.07) is 4.93. The van der Waals surface area contributed by atoms with Crippen LogP contribution in [0.5, 0.6) is 0 Å². The maximum atomic E-state index is 13.5. The molecule has 6 nitrogen and oxygen atoms in total. The van der Waals surface area contributed by atoms with Crippen LogP contribution in [0.15, 0.2) is 35.7 Å². The molecule has 134 valence electrons. The van der Waals surface area contributed by atoms with Crippen LogP contribution in [0.2, 0.25) is 0 Å². The molecule has 1 saturated heterocycles. The minimum absolute atomic E-state index is 0.0275. The highest BCUT2D eigenvalue weighted by Crippen LogP contribution is 2.23. The highest BCUT2D eigenvalue weighted by atomic mass is 32.2. The Kier molecular flexibility index (Phi) is 4.64. The first-order valence-corrected chi connectivity index (χ1v) is 9.57. The van der Waals surface area contributed by atoms with E-state index in [0.29, 0.717) is 12.0 Å². The van der Waals surface area contributed by atoms with Crippen molar-refractivity contribution >= 4 is 15.7 Å². The van der Waals surface area contributed by atoms with Gasteiger partial charge in [0, 0.05) is 39.0 Å². The number of hydrogen-bond donors (Lipinski definition) is 0. The molecular formula is C17H20FN3O3S. The number of aryl methyl sites for hydroxylation is 3. The molecule has 0 unspecified atom stereocenters. The van der Waals surface area contributed by atoms with Gasteiger partial charge in [-0.3, -0.25) is 4.79 Å². The van der Waals surface area contributed by atoms with E-state index in [1.54, 1.807) is 32.3 Å². The molecule has 1 aliphatic rings. The van der Waals surface area contributed by atoms with E-state index in [0.717, 1.165) is 5.56 Å². The molecule has 25 heavy (non-hydrogen) atoms. The lowest BCUT2D eigenvalue weighted by Crippen LogP contribution is -2.57. The first-order chi connectivity index (χ1) is 11.8. The Morgan fingerprint density at radius 3 is 2.68 bits per heavy atom. The number of halogens is 1. The molecule has 0 N–H and O–H groups in total. The second-order valence-corrected chi connectivity index (χ2v) is 8.49. The number of benzene rings is 1. The molecule has 1 aromatic carbocycles. The van der Waals surface area contributed by atoms with E-state index in [-0.39, 0.29) is 36.4 Å². The van der Waals surface area contributed by atoms with Gasteiger partial charge in [-0.2, -0.15) is 0 Å². The number of sulfone groups is 1. The molecule has 2 aromatic rings. The van der Waals surface area contributed by atoms with Crippen molar-refractivity contribution in [1.29, 1.82) is 0 Å². The lowest BCUT2D eigenvalue weighted by molar-refractivity contribution is -0.134.